The third-order valence-corrected chi connectivity index (χ3v) is 8.60. The molecule has 2 heterocycles. The summed E-state index contributed by atoms with van der Waals surface area (Å²) >= 11 is 3.32. The Morgan fingerprint density at radius 1 is 0.708 bits per heavy atom. The topological polar surface area (TPSA) is 114 Å². The van der Waals surface area contributed by atoms with Gasteiger partial charge in [0, 0.05) is 10.6 Å². The fourth-order valence-corrected chi connectivity index (χ4v) is 6.39. The Morgan fingerprint density at radius 3 is 1.50 bits per heavy atom. The summed E-state index contributed by atoms with van der Waals surface area (Å²) in [6.45, 7) is 12.2. The van der Waals surface area contributed by atoms with Crippen molar-refractivity contribution in [2.45, 2.75) is 83.2 Å². The van der Waals surface area contributed by atoms with E-state index >= 15 is 0 Å². The molecule has 0 aliphatic carbocycles. The average Bonchev–Trinajstić information content (AvgIpc) is 3.56. The van der Waals surface area contributed by atoms with Gasteiger partial charge < -0.3 is 20.7 Å². The number of hydrogen-bond acceptors (Lipinski definition) is 8. The van der Waals surface area contributed by atoms with Gasteiger partial charge in [-0.2, -0.15) is 26.3 Å². The Kier molecular flexibility index (Phi) is 13.7. The van der Waals surface area contributed by atoms with Crippen LogP contribution < -0.4 is 16.0 Å². The molecule has 17 heteroatoms. The van der Waals surface area contributed by atoms with Gasteiger partial charge in [-0.25, -0.2) is 4.79 Å². The highest BCUT2D eigenvalue weighted by molar-refractivity contribution is 7.98. The van der Waals surface area contributed by atoms with E-state index in [4.69, 9.17) is 4.74 Å². The van der Waals surface area contributed by atoms with Crippen molar-refractivity contribution in [1.82, 2.24) is 0 Å². The third kappa shape index (κ3) is 11.5. The molecular weight excluding hydrogens is 705 g/mol. The highest BCUT2D eigenvalue weighted by Crippen LogP contribution is 2.36. The van der Waals surface area contributed by atoms with Crippen molar-refractivity contribution in [3.8, 4) is 0 Å². The van der Waals surface area contributed by atoms with Crippen molar-refractivity contribution in [2.24, 2.45) is 0 Å². The van der Waals surface area contributed by atoms with Gasteiger partial charge in [0.15, 0.2) is 0 Å². The summed E-state index contributed by atoms with van der Waals surface area (Å²) in [6.07, 6.45) is -8.12. The van der Waals surface area contributed by atoms with Crippen LogP contribution in [0, 0.1) is 0 Å². The quantitative estimate of drug-likeness (QED) is 0.121. The van der Waals surface area contributed by atoms with Gasteiger partial charge in [-0.15, -0.1) is 34.4 Å². The summed E-state index contributed by atoms with van der Waals surface area (Å²) in [5.41, 5.74) is 0.867. The maximum absolute atomic E-state index is 12.7. The number of thioether (sulfide) groups is 1. The Labute approximate surface area is 286 Å². The minimum absolute atomic E-state index is 0.0208. The first kappa shape index (κ1) is 40.6. The predicted octanol–water partition coefficient (Wildman–Crippen LogP) is 9.67. The Hall–Kier alpha value is -3.57. The van der Waals surface area contributed by atoms with Crippen LogP contribution in [-0.2, 0) is 14.3 Å². The van der Waals surface area contributed by atoms with Gasteiger partial charge in [-0.1, -0.05) is 27.7 Å². The number of esters is 1. The second-order valence-corrected chi connectivity index (χ2v) is 14.3. The molecule has 0 spiro atoms. The van der Waals surface area contributed by atoms with Gasteiger partial charge in [0.25, 0.3) is 5.91 Å². The monoisotopic (exact) mass is 739 g/mol. The lowest BCUT2D eigenvalue weighted by Crippen LogP contribution is -2.31. The van der Waals surface area contributed by atoms with Crippen molar-refractivity contribution in [2.75, 3.05) is 22.2 Å². The largest absolute Gasteiger partial charge is 0.471 e. The minimum atomic E-state index is -5.02. The number of ether oxygens (including phenoxy) is 1. The number of rotatable bonds is 8. The highest BCUT2D eigenvalue weighted by Gasteiger charge is 2.41. The molecule has 3 aromatic rings. The lowest BCUT2D eigenvalue weighted by atomic mass is 10.0. The number of nitrogens with one attached hydrogen (secondary N) is 3. The zero-order valence-electron chi connectivity index (χ0n) is 27.2. The lowest BCUT2D eigenvalue weighted by molar-refractivity contribution is -0.167. The van der Waals surface area contributed by atoms with E-state index in [2.05, 4.69) is 5.32 Å². The molecule has 3 amide bonds. The molecule has 0 fully saturated rings. The predicted molar refractivity (Wildman–Crippen MR) is 178 cm³/mol. The number of anilines is 3. The first-order chi connectivity index (χ1) is 22.0. The van der Waals surface area contributed by atoms with E-state index in [0.717, 1.165) is 27.6 Å². The van der Waals surface area contributed by atoms with E-state index in [1.165, 1.54) is 0 Å². The molecule has 0 saturated carbocycles. The maximum atomic E-state index is 12.7. The number of thiophene rings is 2. The van der Waals surface area contributed by atoms with Crippen LogP contribution in [0.2, 0.25) is 0 Å². The van der Waals surface area contributed by atoms with Crippen molar-refractivity contribution >= 4 is 73.8 Å². The molecule has 0 unspecified atom stereocenters. The van der Waals surface area contributed by atoms with Gasteiger partial charge in [0.05, 0.1) is 11.1 Å². The molecule has 0 bridgehead atoms. The van der Waals surface area contributed by atoms with Gasteiger partial charge in [0.2, 0.25) is 0 Å². The summed E-state index contributed by atoms with van der Waals surface area (Å²) in [7, 11) is 0. The molecule has 3 N–H and O–H groups in total. The van der Waals surface area contributed by atoms with Crippen LogP contribution in [0.5, 0.6) is 0 Å². The van der Waals surface area contributed by atoms with E-state index < -0.39 is 41.6 Å². The summed E-state index contributed by atoms with van der Waals surface area (Å²) in [4.78, 5) is 48.3. The summed E-state index contributed by atoms with van der Waals surface area (Å²) in [5, 5.41) is 9.08. The molecule has 2 aromatic heterocycles. The molecule has 264 valence electrons. The van der Waals surface area contributed by atoms with Gasteiger partial charge in [-0.05, 0) is 85.0 Å². The molecule has 0 atom stereocenters. The van der Waals surface area contributed by atoms with E-state index in [-0.39, 0.29) is 33.0 Å². The van der Waals surface area contributed by atoms with Crippen LogP contribution in [0.25, 0.3) is 0 Å². The second kappa shape index (κ2) is 16.2. The third-order valence-electron chi connectivity index (χ3n) is 6.03. The molecule has 0 aliphatic heterocycles. The van der Waals surface area contributed by atoms with Crippen molar-refractivity contribution in [3.05, 3.63) is 57.3 Å². The standard InChI is InChI=1S/C17H17F3N2O2S2.C14H18F3NO3S/c1-9(2)12-8-26-15(22-16(24)17(18,19)20)13(12)14(23)21-10-4-6-11(25-3)7-5-10;1-7(2)8-6-22-10(18-12(20)14(15,16)17)9(8)11(19)21-13(3,4)5/h4-9H,1-3H3,(H,21,23)(H,22,24);6-7H,1-5H3,(H,18,20). The Morgan fingerprint density at radius 2 is 1.12 bits per heavy atom. The molecule has 8 nitrogen and oxygen atoms in total. The summed E-state index contributed by atoms with van der Waals surface area (Å²) in [5.74, 6) is -5.74. The average molecular weight is 740 g/mol. The second-order valence-electron chi connectivity index (χ2n) is 11.7. The van der Waals surface area contributed by atoms with E-state index in [1.54, 1.807) is 79.9 Å². The maximum Gasteiger partial charge on any atom is 0.471 e. The zero-order valence-corrected chi connectivity index (χ0v) is 29.6. The smallest absolute Gasteiger partial charge is 0.456 e. The Balaban J connectivity index is 0.000000339. The van der Waals surface area contributed by atoms with Crippen LogP contribution in [0.1, 0.15) is 92.1 Å². The molecule has 0 radical (unpaired) electrons. The number of benzene rings is 1. The number of amides is 3. The van der Waals surface area contributed by atoms with Crippen molar-refractivity contribution in [3.63, 3.8) is 0 Å². The van der Waals surface area contributed by atoms with E-state index in [9.17, 15) is 45.5 Å². The molecule has 48 heavy (non-hydrogen) atoms. The first-order valence-electron chi connectivity index (χ1n) is 14.1. The number of halogens is 6. The fraction of sp³-hybridized carbons (Fsp3) is 0.419. The molecule has 0 saturated heterocycles. The minimum Gasteiger partial charge on any atom is -0.456 e. The lowest BCUT2D eigenvalue weighted by Gasteiger charge is -2.21. The first-order valence-corrected chi connectivity index (χ1v) is 17.1. The fourth-order valence-electron chi connectivity index (χ4n) is 3.77. The number of carbonyl (C=O) groups is 4. The van der Waals surface area contributed by atoms with Crippen LogP contribution in [0.3, 0.4) is 0 Å². The molecule has 1 aromatic carbocycles. The van der Waals surface area contributed by atoms with E-state index in [1.807, 2.05) is 32.2 Å². The Bertz CT molecular complexity index is 1610. The molecule has 0 aliphatic rings. The number of carbonyl (C=O) groups excluding carboxylic acids is 4. The van der Waals surface area contributed by atoms with Crippen LogP contribution >= 0.6 is 34.4 Å². The van der Waals surface area contributed by atoms with Crippen LogP contribution in [0.15, 0.2) is 39.9 Å². The van der Waals surface area contributed by atoms with E-state index in [0.29, 0.717) is 16.8 Å². The van der Waals surface area contributed by atoms with Crippen molar-refractivity contribution < 1.29 is 50.3 Å². The van der Waals surface area contributed by atoms with Crippen LogP contribution in [-0.4, -0.2) is 47.9 Å². The summed E-state index contributed by atoms with van der Waals surface area (Å²) < 4.78 is 80.0. The highest BCUT2D eigenvalue weighted by atomic mass is 32.2. The van der Waals surface area contributed by atoms with Gasteiger partial charge in [0.1, 0.15) is 15.6 Å². The number of alkyl halides is 6. The SMILES string of the molecule is CC(C)c1csc(NC(=O)C(F)(F)F)c1C(=O)OC(C)(C)C.CSc1ccc(NC(=O)c2c(C(C)C)csc2NC(=O)C(F)(F)F)cc1. The number of hydrogen-bond donors (Lipinski definition) is 3. The van der Waals surface area contributed by atoms with Gasteiger partial charge in [-0.3, -0.25) is 14.4 Å². The normalized spacial score (nSPS) is 11.9. The van der Waals surface area contributed by atoms with Gasteiger partial charge >= 0.3 is 30.1 Å². The zero-order chi connectivity index (χ0) is 36.8. The molecular formula is C31H35F6N3O5S3. The summed E-state index contributed by atoms with van der Waals surface area (Å²) in [6, 6.07) is 7.06. The molecule has 3 rings (SSSR count). The van der Waals surface area contributed by atoms with Crippen LogP contribution in [0.4, 0.5) is 42.0 Å². The van der Waals surface area contributed by atoms with Crippen molar-refractivity contribution in [1.29, 1.82) is 0 Å².